The molecule has 3 aromatic carbocycles. The van der Waals surface area contributed by atoms with E-state index in [1.807, 2.05) is 60.7 Å². The summed E-state index contributed by atoms with van der Waals surface area (Å²) < 4.78 is 0. The lowest BCUT2D eigenvalue weighted by molar-refractivity contribution is -0.384. The zero-order chi connectivity index (χ0) is 16.9. The molecule has 0 saturated carbocycles. The van der Waals surface area contributed by atoms with E-state index in [0.717, 1.165) is 0 Å². The van der Waals surface area contributed by atoms with Gasteiger partial charge in [-0.2, -0.15) is 0 Å². The highest BCUT2D eigenvalue weighted by atomic mass is 16.6. The molecule has 0 heterocycles. The third kappa shape index (κ3) is 3.15. The third-order valence-electron chi connectivity index (χ3n) is 3.54. The Bertz CT molecular complexity index is 825. The summed E-state index contributed by atoms with van der Waals surface area (Å²) in [5, 5.41) is 11.0. The van der Waals surface area contributed by atoms with E-state index >= 15 is 0 Å². The van der Waals surface area contributed by atoms with Gasteiger partial charge in [-0.1, -0.05) is 42.5 Å². The van der Waals surface area contributed by atoms with Crippen molar-refractivity contribution in [2.45, 2.75) is 0 Å². The van der Waals surface area contributed by atoms with Crippen LogP contribution in [0.3, 0.4) is 0 Å². The molecule has 5 nitrogen and oxygen atoms in total. The molecule has 0 saturated heterocycles. The van der Waals surface area contributed by atoms with E-state index in [0.29, 0.717) is 11.4 Å². The number of hydrogen-bond acceptors (Lipinski definition) is 3. The number of hydrogen-bond donors (Lipinski definition) is 0. The van der Waals surface area contributed by atoms with Crippen LogP contribution in [0.1, 0.15) is 10.4 Å². The third-order valence-corrected chi connectivity index (χ3v) is 3.54. The van der Waals surface area contributed by atoms with Crippen molar-refractivity contribution in [2.24, 2.45) is 0 Å². The van der Waals surface area contributed by atoms with Crippen molar-refractivity contribution < 1.29 is 9.72 Å². The molecular weight excluding hydrogens is 304 g/mol. The highest BCUT2D eigenvalue weighted by Crippen LogP contribution is 2.28. The van der Waals surface area contributed by atoms with Crippen molar-refractivity contribution in [2.75, 3.05) is 4.90 Å². The van der Waals surface area contributed by atoms with Crippen LogP contribution in [0.15, 0.2) is 84.9 Å². The summed E-state index contributed by atoms with van der Waals surface area (Å²) in [5.41, 5.74) is 1.54. The van der Waals surface area contributed by atoms with Gasteiger partial charge in [-0.25, -0.2) is 0 Å². The van der Waals surface area contributed by atoms with Crippen molar-refractivity contribution in [3.8, 4) is 0 Å². The van der Waals surface area contributed by atoms with Gasteiger partial charge in [0.25, 0.3) is 11.6 Å². The quantitative estimate of drug-likeness (QED) is 0.523. The first-order valence-corrected chi connectivity index (χ1v) is 7.36. The molecule has 0 aliphatic rings. The lowest BCUT2D eigenvalue weighted by Gasteiger charge is -2.23. The van der Waals surface area contributed by atoms with Gasteiger partial charge in [0.1, 0.15) is 0 Å². The number of benzene rings is 3. The fourth-order valence-electron chi connectivity index (χ4n) is 2.42. The number of para-hydroxylation sites is 2. The number of nitrogens with zero attached hydrogens (tertiary/aromatic N) is 2. The van der Waals surface area contributed by atoms with E-state index < -0.39 is 4.92 Å². The van der Waals surface area contributed by atoms with Gasteiger partial charge in [-0.15, -0.1) is 0 Å². The maximum Gasteiger partial charge on any atom is 0.270 e. The van der Waals surface area contributed by atoms with Gasteiger partial charge >= 0.3 is 0 Å². The molecule has 0 spiro atoms. The predicted octanol–water partition coefficient (Wildman–Crippen LogP) is 4.57. The van der Waals surface area contributed by atoms with Crippen LogP contribution >= 0.6 is 0 Å². The minimum absolute atomic E-state index is 0.109. The van der Waals surface area contributed by atoms with Crippen molar-refractivity contribution in [1.29, 1.82) is 0 Å². The molecule has 0 atom stereocenters. The summed E-state index contributed by atoms with van der Waals surface area (Å²) in [5.74, 6) is -0.323. The molecular formula is C19H14N2O3. The van der Waals surface area contributed by atoms with Gasteiger partial charge in [0.05, 0.1) is 4.92 Å². The lowest BCUT2D eigenvalue weighted by Crippen LogP contribution is -2.25. The average Bonchev–Trinajstić information content (AvgIpc) is 2.64. The van der Waals surface area contributed by atoms with Gasteiger partial charge in [-0.3, -0.25) is 19.8 Å². The number of amides is 1. The Morgan fingerprint density at radius 1 is 0.792 bits per heavy atom. The standard InChI is InChI=1S/C19H14N2O3/c22-19(15-8-7-13-18(14-15)21(23)24)20(16-9-3-1-4-10-16)17-11-5-2-6-12-17/h1-14H. The molecule has 118 valence electrons. The molecule has 0 aromatic heterocycles. The Kier molecular flexibility index (Phi) is 4.34. The first-order chi connectivity index (χ1) is 11.7. The molecule has 0 fully saturated rings. The van der Waals surface area contributed by atoms with Crippen LogP contribution in [0.2, 0.25) is 0 Å². The van der Waals surface area contributed by atoms with E-state index in [-0.39, 0.29) is 17.2 Å². The average molecular weight is 318 g/mol. The number of nitro groups is 1. The van der Waals surface area contributed by atoms with Crippen LogP contribution in [0.4, 0.5) is 17.1 Å². The second-order valence-corrected chi connectivity index (χ2v) is 5.12. The largest absolute Gasteiger partial charge is 0.277 e. The highest BCUT2D eigenvalue weighted by molar-refractivity contribution is 6.11. The van der Waals surface area contributed by atoms with Gasteiger partial charge in [-0.05, 0) is 30.3 Å². The molecule has 0 bridgehead atoms. The van der Waals surface area contributed by atoms with Gasteiger partial charge in [0, 0.05) is 29.1 Å². The van der Waals surface area contributed by atoms with Crippen LogP contribution in [-0.4, -0.2) is 10.8 Å². The maximum absolute atomic E-state index is 13.0. The van der Waals surface area contributed by atoms with Crippen molar-refractivity contribution in [3.63, 3.8) is 0 Å². The van der Waals surface area contributed by atoms with Crippen molar-refractivity contribution in [1.82, 2.24) is 0 Å². The normalized spacial score (nSPS) is 10.2. The Morgan fingerprint density at radius 3 is 1.83 bits per heavy atom. The highest BCUT2D eigenvalue weighted by Gasteiger charge is 2.21. The smallest absolute Gasteiger partial charge is 0.270 e. The topological polar surface area (TPSA) is 63.4 Å². The Balaban J connectivity index is 2.08. The summed E-state index contributed by atoms with van der Waals surface area (Å²) in [4.78, 5) is 25.0. The number of carbonyl (C=O) groups is 1. The predicted molar refractivity (Wildman–Crippen MR) is 92.4 cm³/mol. The molecule has 3 aromatic rings. The van der Waals surface area contributed by atoms with E-state index in [9.17, 15) is 14.9 Å². The van der Waals surface area contributed by atoms with Gasteiger partial charge < -0.3 is 0 Å². The Labute approximate surface area is 138 Å². The molecule has 0 unspecified atom stereocenters. The Morgan fingerprint density at radius 2 is 1.33 bits per heavy atom. The second-order valence-electron chi connectivity index (χ2n) is 5.12. The minimum Gasteiger partial charge on any atom is -0.277 e. The first-order valence-electron chi connectivity index (χ1n) is 7.36. The summed E-state index contributed by atoms with van der Waals surface area (Å²) in [6.07, 6.45) is 0. The zero-order valence-electron chi connectivity index (χ0n) is 12.7. The molecule has 0 aliphatic carbocycles. The van der Waals surface area contributed by atoms with E-state index in [1.54, 1.807) is 11.0 Å². The summed E-state index contributed by atoms with van der Waals surface area (Å²) in [7, 11) is 0. The molecule has 0 aliphatic heterocycles. The number of carbonyl (C=O) groups excluding carboxylic acids is 1. The zero-order valence-corrected chi connectivity index (χ0v) is 12.7. The van der Waals surface area contributed by atoms with E-state index in [1.165, 1.54) is 18.2 Å². The maximum atomic E-state index is 13.0. The van der Waals surface area contributed by atoms with E-state index in [4.69, 9.17) is 0 Å². The van der Waals surface area contributed by atoms with Crippen molar-refractivity contribution >= 4 is 23.0 Å². The monoisotopic (exact) mass is 318 g/mol. The second kappa shape index (κ2) is 6.75. The van der Waals surface area contributed by atoms with E-state index in [2.05, 4.69) is 0 Å². The summed E-state index contributed by atoms with van der Waals surface area (Å²) in [6, 6.07) is 24.1. The molecule has 5 heteroatoms. The van der Waals surface area contributed by atoms with Gasteiger partial charge in [0.2, 0.25) is 0 Å². The number of rotatable bonds is 4. The molecule has 0 radical (unpaired) electrons. The molecule has 3 rings (SSSR count). The SMILES string of the molecule is O=C(c1cccc([N+](=O)[O-])c1)N(c1ccccc1)c1ccccc1. The fourth-order valence-corrected chi connectivity index (χ4v) is 2.42. The lowest BCUT2D eigenvalue weighted by atomic mass is 10.1. The minimum atomic E-state index is -0.508. The Hall–Kier alpha value is -3.47. The van der Waals surface area contributed by atoms with Crippen LogP contribution < -0.4 is 4.90 Å². The summed E-state index contributed by atoms with van der Waals surface area (Å²) in [6.45, 7) is 0. The van der Waals surface area contributed by atoms with Crippen LogP contribution in [0, 0.1) is 10.1 Å². The molecule has 24 heavy (non-hydrogen) atoms. The number of non-ortho nitro benzene ring substituents is 1. The fraction of sp³-hybridized carbons (Fsp3) is 0. The van der Waals surface area contributed by atoms with Crippen LogP contribution in [0.5, 0.6) is 0 Å². The summed E-state index contributed by atoms with van der Waals surface area (Å²) >= 11 is 0. The van der Waals surface area contributed by atoms with Crippen LogP contribution in [-0.2, 0) is 0 Å². The van der Waals surface area contributed by atoms with Gasteiger partial charge in [0.15, 0.2) is 0 Å². The number of anilines is 2. The molecule has 0 N–H and O–H groups in total. The number of nitro benzene ring substituents is 1. The van der Waals surface area contributed by atoms with Crippen molar-refractivity contribution in [3.05, 3.63) is 101 Å². The molecule has 1 amide bonds. The first kappa shape index (κ1) is 15.4. The van der Waals surface area contributed by atoms with Crippen LogP contribution in [0.25, 0.3) is 0 Å².